The molecule has 152 valence electrons. The first-order valence-electron chi connectivity index (χ1n) is 8.77. The number of carbonyl (C=O) groups is 1. The van der Waals surface area contributed by atoms with E-state index in [2.05, 4.69) is 5.32 Å². The molecule has 0 aliphatic heterocycles. The van der Waals surface area contributed by atoms with Crippen LogP contribution in [0.1, 0.15) is 31.1 Å². The number of nitrogens with zero attached hydrogens (tertiary/aromatic N) is 1. The van der Waals surface area contributed by atoms with E-state index in [4.69, 9.17) is 4.74 Å². The Morgan fingerprint density at radius 2 is 1.75 bits per heavy atom. The summed E-state index contributed by atoms with van der Waals surface area (Å²) in [7, 11) is -3.86. The lowest BCUT2D eigenvalue weighted by molar-refractivity contribution is 0.102. The van der Waals surface area contributed by atoms with Crippen molar-refractivity contribution in [1.82, 2.24) is 4.31 Å². The van der Waals surface area contributed by atoms with Crippen molar-refractivity contribution in [3.05, 3.63) is 53.6 Å². The van der Waals surface area contributed by atoms with Crippen molar-refractivity contribution in [3.8, 4) is 5.75 Å². The topological polar surface area (TPSA) is 75.7 Å². The van der Waals surface area contributed by atoms with Crippen LogP contribution in [0, 0.1) is 11.6 Å². The van der Waals surface area contributed by atoms with Gasteiger partial charge < -0.3 is 10.1 Å². The zero-order valence-corrected chi connectivity index (χ0v) is 16.6. The molecule has 0 heterocycles. The number of anilines is 1. The highest BCUT2D eigenvalue weighted by Gasteiger charge is 2.26. The Hall–Kier alpha value is -2.52. The van der Waals surface area contributed by atoms with Gasteiger partial charge in [-0.1, -0.05) is 13.8 Å². The number of carbonyl (C=O) groups excluding carboxylic acids is 1. The third kappa shape index (κ3) is 4.66. The summed E-state index contributed by atoms with van der Waals surface area (Å²) in [6.45, 7) is 5.94. The number of benzene rings is 2. The van der Waals surface area contributed by atoms with Crippen molar-refractivity contribution in [3.63, 3.8) is 0 Å². The zero-order chi connectivity index (χ0) is 20.9. The minimum atomic E-state index is -3.86. The standard InChI is InChI=1S/C19H22F2N2O4S/c1-4-23(5-2)28(25,26)18-12-14(8-10-17(18)27-6-3)22-19(24)15-9-7-13(20)11-16(15)21/h7-12H,4-6H2,1-3H3,(H,22,24). The molecule has 2 rings (SSSR count). The number of rotatable bonds is 8. The minimum Gasteiger partial charge on any atom is -0.492 e. The average molecular weight is 412 g/mol. The maximum atomic E-state index is 13.8. The maximum absolute atomic E-state index is 13.8. The average Bonchev–Trinajstić information content (AvgIpc) is 2.63. The van der Waals surface area contributed by atoms with Gasteiger partial charge in [0.25, 0.3) is 5.91 Å². The van der Waals surface area contributed by atoms with Crippen LogP contribution in [-0.4, -0.2) is 38.3 Å². The summed E-state index contributed by atoms with van der Waals surface area (Å²) in [5.41, 5.74) is -0.216. The summed E-state index contributed by atoms with van der Waals surface area (Å²) < 4.78 is 59.4. The van der Waals surface area contributed by atoms with E-state index in [9.17, 15) is 22.0 Å². The molecule has 1 N–H and O–H groups in total. The molecule has 2 aromatic rings. The summed E-state index contributed by atoms with van der Waals surface area (Å²) in [6.07, 6.45) is 0. The predicted octanol–water partition coefficient (Wildman–Crippen LogP) is 3.65. The monoisotopic (exact) mass is 412 g/mol. The molecule has 0 aliphatic rings. The summed E-state index contributed by atoms with van der Waals surface area (Å²) in [5.74, 6) is -2.49. The molecule has 0 saturated heterocycles. The van der Waals surface area contributed by atoms with Gasteiger partial charge in [-0.15, -0.1) is 0 Å². The highest BCUT2D eigenvalue weighted by atomic mass is 32.2. The third-order valence-corrected chi connectivity index (χ3v) is 6.07. The minimum absolute atomic E-state index is 0.101. The van der Waals surface area contributed by atoms with Gasteiger partial charge in [0, 0.05) is 24.8 Å². The van der Waals surface area contributed by atoms with E-state index in [1.54, 1.807) is 20.8 Å². The number of hydrogen-bond acceptors (Lipinski definition) is 4. The van der Waals surface area contributed by atoms with E-state index in [0.717, 1.165) is 12.1 Å². The van der Waals surface area contributed by atoms with Crippen LogP contribution in [0.3, 0.4) is 0 Å². The quantitative estimate of drug-likeness (QED) is 0.718. The van der Waals surface area contributed by atoms with Gasteiger partial charge in [0.2, 0.25) is 10.0 Å². The first kappa shape index (κ1) is 21.8. The van der Waals surface area contributed by atoms with Crippen LogP contribution in [0.25, 0.3) is 0 Å². The van der Waals surface area contributed by atoms with Crippen molar-refractivity contribution in [1.29, 1.82) is 0 Å². The fourth-order valence-electron chi connectivity index (χ4n) is 2.64. The molecule has 0 saturated carbocycles. The van der Waals surface area contributed by atoms with E-state index in [1.807, 2.05) is 0 Å². The van der Waals surface area contributed by atoms with Gasteiger partial charge in [0.1, 0.15) is 22.3 Å². The Morgan fingerprint density at radius 3 is 2.32 bits per heavy atom. The first-order chi connectivity index (χ1) is 13.2. The largest absolute Gasteiger partial charge is 0.492 e. The van der Waals surface area contributed by atoms with Crippen LogP contribution in [-0.2, 0) is 10.0 Å². The molecule has 6 nitrogen and oxygen atoms in total. The van der Waals surface area contributed by atoms with Gasteiger partial charge in [-0.05, 0) is 37.3 Å². The molecule has 0 bridgehead atoms. The van der Waals surface area contributed by atoms with Crippen LogP contribution in [0.5, 0.6) is 5.75 Å². The number of hydrogen-bond donors (Lipinski definition) is 1. The predicted molar refractivity (Wildman–Crippen MR) is 102 cm³/mol. The van der Waals surface area contributed by atoms with E-state index < -0.39 is 27.6 Å². The van der Waals surface area contributed by atoms with Crippen LogP contribution in [0.4, 0.5) is 14.5 Å². The van der Waals surface area contributed by atoms with Crippen LogP contribution in [0.2, 0.25) is 0 Å². The molecule has 2 aromatic carbocycles. The van der Waals surface area contributed by atoms with Crippen molar-refractivity contribution in [2.24, 2.45) is 0 Å². The zero-order valence-electron chi connectivity index (χ0n) is 15.8. The van der Waals surface area contributed by atoms with Crippen molar-refractivity contribution >= 4 is 21.6 Å². The Labute approximate surface area is 163 Å². The van der Waals surface area contributed by atoms with Gasteiger partial charge in [-0.2, -0.15) is 4.31 Å². The van der Waals surface area contributed by atoms with Crippen molar-refractivity contribution < 1.29 is 26.7 Å². The molecular weight excluding hydrogens is 390 g/mol. The summed E-state index contributed by atoms with van der Waals surface area (Å²) >= 11 is 0. The molecule has 9 heteroatoms. The molecule has 0 fully saturated rings. The van der Waals surface area contributed by atoms with E-state index in [0.29, 0.717) is 6.07 Å². The SMILES string of the molecule is CCOc1ccc(NC(=O)c2ccc(F)cc2F)cc1S(=O)(=O)N(CC)CC. The van der Waals surface area contributed by atoms with Gasteiger partial charge in [-0.3, -0.25) is 4.79 Å². The normalized spacial score (nSPS) is 11.5. The highest BCUT2D eigenvalue weighted by Crippen LogP contribution is 2.30. The number of halogens is 2. The van der Waals surface area contributed by atoms with E-state index >= 15 is 0 Å². The fraction of sp³-hybridized carbons (Fsp3) is 0.316. The number of ether oxygens (including phenoxy) is 1. The second-order valence-corrected chi connectivity index (χ2v) is 7.67. The lowest BCUT2D eigenvalue weighted by Crippen LogP contribution is -2.31. The fourth-order valence-corrected chi connectivity index (χ4v) is 4.25. The first-order valence-corrected chi connectivity index (χ1v) is 10.2. The molecule has 0 spiro atoms. The smallest absolute Gasteiger partial charge is 0.258 e. The van der Waals surface area contributed by atoms with Gasteiger partial charge in [0.05, 0.1) is 12.2 Å². The number of sulfonamides is 1. The lowest BCUT2D eigenvalue weighted by Gasteiger charge is -2.21. The van der Waals surface area contributed by atoms with Crippen LogP contribution >= 0.6 is 0 Å². The molecule has 0 aliphatic carbocycles. The van der Waals surface area contributed by atoms with Gasteiger partial charge >= 0.3 is 0 Å². The van der Waals surface area contributed by atoms with Crippen molar-refractivity contribution in [2.45, 2.75) is 25.7 Å². The van der Waals surface area contributed by atoms with Crippen LogP contribution in [0.15, 0.2) is 41.3 Å². The summed E-state index contributed by atoms with van der Waals surface area (Å²) in [5, 5.41) is 2.44. The molecular formula is C19H22F2N2O4S. The Bertz CT molecular complexity index is 960. The van der Waals surface area contributed by atoms with Gasteiger partial charge in [0.15, 0.2) is 0 Å². The number of amides is 1. The molecule has 0 radical (unpaired) electrons. The van der Waals surface area contributed by atoms with Crippen molar-refractivity contribution in [2.75, 3.05) is 25.0 Å². The summed E-state index contributed by atoms with van der Waals surface area (Å²) in [4.78, 5) is 12.2. The Balaban J connectivity index is 2.43. The maximum Gasteiger partial charge on any atom is 0.258 e. The summed E-state index contributed by atoms with van der Waals surface area (Å²) in [6, 6.07) is 6.72. The van der Waals surface area contributed by atoms with Gasteiger partial charge in [-0.25, -0.2) is 17.2 Å². The van der Waals surface area contributed by atoms with E-state index in [-0.39, 0.29) is 41.6 Å². The molecule has 28 heavy (non-hydrogen) atoms. The molecule has 1 amide bonds. The van der Waals surface area contributed by atoms with Crippen LogP contribution < -0.4 is 10.1 Å². The lowest BCUT2D eigenvalue weighted by atomic mass is 10.2. The Kier molecular flexibility index (Phi) is 7.09. The molecule has 0 aromatic heterocycles. The van der Waals surface area contributed by atoms with E-state index in [1.165, 1.54) is 22.5 Å². The second kappa shape index (κ2) is 9.11. The molecule has 0 atom stereocenters. The number of nitrogens with one attached hydrogen (secondary N) is 1. The third-order valence-electron chi connectivity index (χ3n) is 4.00. The molecule has 0 unspecified atom stereocenters. The second-order valence-electron chi connectivity index (χ2n) is 5.76. The highest BCUT2D eigenvalue weighted by molar-refractivity contribution is 7.89. The Morgan fingerprint density at radius 1 is 1.07 bits per heavy atom.